The maximum Gasteiger partial charge on any atom is 0.264 e. The second-order valence-electron chi connectivity index (χ2n) is 10.7. The molecular weight excluding hydrogens is 638 g/mol. The molecule has 44 heavy (non-hydrogen) atoms. The lowest BCUT2D eigenvalue weighted by Crippen LogP contribution is -2.53. The van der Waals surface area contributed by atoms with Crippen molar-refractivity contribution in [2.45, 2.75) is 51.1 Å². The van der Waals surface area contributed by atoms with Crippen LogP contribution in [0, 0.1) is 13.8 Å². The fourth-order valence-corrected chi connectivity index (χ4v) is 6.54. The molecule has 4 aromatic rings. The summed E-state index contributed by atoms with van der Waals surface area (Å²) in [7, 11) is -4.14. The molecule has 0 aliphatic carbocycles. The largest absolute Gasteiger partial charge is 0.354 e. The van der Waals surface area contributed by atoms with Crippen LogP contribution in [0.3, 0.4) is 0 Å². The summed E-state index contributed by atoms with van der Waals surface area (Å²) in [5, 5.41) is 2.97. The van der Waals surface area contributed by atoms with Gasteiger partial charge in [-0.15, -0.1) is 0 Å². The Kier molecular flexibility index (Phi) is 11.4. The van der Waals surface area contributed by atoms with E-state index in [4.69, 9.17) is 0 Å². The molecule has 0 heterocycles. The number of aryl methyl sites for hydroxylation is 2. The number of carbonyl (C=O) groups excluding carboxylic acids is 2. The third-order valence-electron chi connectivity index (χ3n) is 7.42. The van der Waals surface area contributed by atoms with E-state index in [0.717, 1.165) is 37.5 Å². The standard InChI is InChI=1S/C35H38BrN3O4S/c1-4-22-37-35(41)33(23-28-11-6-5-7-12-28)38(24-29-13-9-8-10-27(29)3)34(40)25-39(31-18-16-30(36)17-19-31)44(42,43)32-20-14-26(2)15-21-32/h5-21,33H,4,22-25H2,1-3H3,(H,37,41). The summed E-state index contributed by atoms with van der Waals surface area (Å²) in [5.74, 6) is -0.770. The summed E-state index contributed by atoms with van der Waals surface area (Å²) in [4.78, 5) is 29.8. The average Bonchev–Trinajstić information content (AvgIpc) is 3.02. The minimum atomic E-state index is -4.14. The molecule has 0 aromatic heterocycles. The van der Waals surface area contributed by atoms with Crippen LogP contribution < -0.4 is 9.62 Å². The number of nitrogens with one attached hydrogen (secondary N) is 1. The van der Waals surface area contributed by atoms with Gasteiger partial charge in [0.2, 0.25) is 11.8 Å². The molecule has 0 spiro atoms. The first-order valence-electron chi connectivity index (χ1n) is 14.6. The maximum absolute atomic E-state index is 14.5. The summed E-state index contributed by atoms with van der Waals surface area (Å²) in [5.41, 5.74) is 3.99. The van der Waals surface area contributed by atoms with Crippen LogP contribution >= 0.6 is 15.9 Å². The van der Waals surface area contributed by atoms with Crippen molar-refractivity contribution in [1.29, 1.82) is 0 Å². The molecule has 7 nitrogen and oxygen atoms in total. The van der Waals surface area contributed by atoms with Crippen molar-refractivity contribution in [3.05, 3.63) is 130 Å². The predicted molar refractivity (Wildman–Crippen MR) is 179 cm³/mol. The Labute approximate surface area is 269 Å². The number of hydrogen-bond donors (Lipinski definition) is 1. The third kappa shape index (κ3) is 8.36. The number of benzene rings is 4. The quantitative estimate of drug-likeness (QED) is 0.177. The minimum absolute atomic E-state index is 0.0748. The number of sulfonamides is 1. The van der Waals surface area contributed by atoms with E-state index in [1.807, 2.05) is 75.4 Å². The molecule has 0 bridgehead atoms. The van der Waals surface area contributed by atoms with Gasteiger partial charge in [0.15, 0.2) is 0 Å². The summed E-state index contributed by atoms with van der Waals surface area (Å²) in [6.07, 6.45) is 1.01. The molecule has 230 valence electrons. The first kappa shape index (κ1) is 33.0. The third-order valence-corrected chi connectivity index (χ3v) is 9.74. The molecule has 1 N–H and O–H groups in total. The van der Waals surface area contributed by atoms with E-state index in [0.29, 0.717) is 12.2 Å². The molecule has 0 fully saturated rings. The van der Waals surface area contributed by atoms with Crippen LogP contribution in [0.25, 0.3) is 0 Å². The molecule has 0 saturated heterocycles. The van der Waals surface area contributed by atoms with Crippen LogP contribution in [0.5, 0.6) is 0 Å². The van der Waals surface area contributed by atoms with Crippen molar-refractivity contribution in [1.82, 2.24) is 10.2 Å². The van der Waals surface area contributed by atoms with Crippen molar-refractivity contribution in [2.75, 3.05) is 17.4 Å². The van der Waals surface area contributed by atoms with Gasteiger partial charge in [-0.3, -0.25) is 13.9 Å². The number of nitrogens with zero attached hydrogens (tertiary/aromatic N) is 2. The molecule has 0 aliphatic heterocycles. The van der Waals surface area contributed by atoms with Crippen molar-refractivity contribution in [3.8, 4) is 0 Å². The number of carbonyl (C=O) groups is 2. The highest BCUT2D eigenvalue weighted by atomic mass is 79.9. The molecular formula is C35H38BrN3O4S. The number of amides is 2. The zero-order chi connectivity index (χ0) is 31.7. The van der Waals surface area contributed by atoms with Crippen LogP contribution in [-0.2, 0) is 32.6 Å². The summed E-state index contributed by atoms with van der Waals surface area (Å²) >= 11 is 3.42. The van der Waals surface area contributed by atoms with Crippen LogP contribution in [0.15, 0.2) is 112 Å². The van der Waals surface area contributed by atoms with Crippen molar-refractivity contribution >= 4 is 43.5 Å². The Bertz CT molecular complexity index is 1660. The minimum Gasteiger partial charge on any atom is -0.354 e. The van der Waals surface area contributed by atoms with E-state index in [9.17, 15) is 18.0 Å². The number of hydrogen-bond acceptors (Lipinski definition) is 4. The smallest absolute Gasteiger partial charge is 0.264 e. The second kappa shape index (κ2) is 15.2. The Hall–Kier alpha value is -3.95. The number of anilines is 1. The average molecular weight is 677 g/mol. The molecule has 1 atom stereocenters. The van der Waals surface area contributed by atoms with E-state index in [-0.39, 0.29) is 23.8 Å². The molecule has 4 rings (SSSR count). The molecule has 0 saturated carbocycles. The highest BCUT2D eigenvalue weighted by molar-refractivity contribution is 9.10. The fourth-order valence-electron chi connectivity index (χ4n) is 4.86. The summed E-state index contributed by atoms with van der Waals surface area (Å²) in [6.45, 7) is 5.92. The van der Waals surface area contributed by atoms with Gasteiger partial charge in [0.25, 0.3) is 10.0 Å². The maximum atomic E-state index is 14.5. The van der Waals surface area contributed by atoms with Crippen LogP contribution in [0.4, 0.5) is 5.69 Å². The van der Waals surface area contributed by atoms with E-state index in [2.05, 4.69) is 21.2 Å². The summed E-state index contributed by atoms with van der Waals surface area (Å²) < 4.78 is 30.1. The van der Waals surface area contributed by atoms with Gasteiger partial charge >= 0.3 is 0 Å². The molecule has 1 unspecified atom stereocenters. The molecule has 0 aliphatic rings. The second-order valence-corrected chi connectivity index (χ2v) is 13.5. The normalized spacial score (nSPS) is 11.9. The zero-order valence-electron chi connectivity index (χ0n) is 25.2. The van der Waals surface area contributed by atoms with Gasteiger partial charge in [0, 0.05) is 24.0 Å². The Morgan fingerprint density at radius 2 is 1.48 bits per heavy atom. The predicted octanol–water partition coefficient (Wildman–Crippen LogP) is 6.43. The fraction of sp³-hybridized carbons (Fsp3) is 0.257. The van der Waals surface area contributed by atoms with Gasteiger partial charge in [-0.05, 0) is 73.4 Å². The van der Waals surface area contributed by atoms with E-state index in [1.54, 1.807) is 48.5 Å². The lowest BCUT2D eigenvalue weighted by molar-refractivity contribution is -0.140. The highest BCUT2D eigenvalue weighted by Gasteiger charge is 2.34. The molecule has 9 heteroatoms. The number of rotatable bonds is 13. The van der Waals surface area contributed by atoms with Gasteiger partial charge in [0.05, 0.1) is 10.6 Å². The van der Waals surface area contributed by atoms with Crippen molar-refractivity contribution in [3.63, 3.8) is 0 Å². The van der Waals surface area contributed by atoms with Crippen molar-refractivity contribution < 1.29 is 18.0 Å². The molecule has 0 radical (unpaired) electrons. The Balaban J connectivity index is 1.80. The first-order chi connectivity index (χ1) is 21.1. The SMILES string of the molecule is CCCNC(=O)C(Cc1ccccc1)N(Cc1ccccc1C)C(=O)CN(c1ccc(Br)cc1)S(=O)(=O)c1ccc(C)cc1. The van der Waals surface area contributed by atoms with Crippen LogP contribution in [0.1, 0.15) is 35.6 Å². The Morgan fingerprint density at radius 1 is 0.841 bits per heavy atom. The van der Waals surface area contributed by atoms with Gasteiger partial charge in [-0.2, -0.15) is 0 Å². The topological polar surface area (TPSA) is 86.8 Å². The first-order valence-corrected chi connectivity index (χ1v) is 16.8. The van der Waals surface area contributed by atoms with E-state index in [1.165, 1.54) is 4.90 Å². The van der Waals surface area contributed by atoms with E-state index < -0.39 is 28.5 Å². The lowest BCUT2D eigenvalue weighted by atomic mass is 10.0. The van der Waals surface area contributed by atoms with Crippen LogP contribution in [0.2, 0.25) is 0 Å². The van der Waals surface area contributed by atoms with Gasteiger partial charge < -0.3 is 10.2 Å². The molecule has 2 amide bonds. The summed E-state index contributed by atoms with van der Waals surface area (Å²) in [6, 6.07) is 29.7. The van der Waals surface area contributed by atoms with Gasteiger partial charge in [-0.25, -0.2) is 8.42 Å². The van der Waals surface area contributed by atoms with Crippen molar-refractivity contribution in [2.24, 2.45) is 0 Å². The number of halogens is 1. The monoisotopic (exact) mass is 675 g/mol. The van der Waals surface area contributed by atoms with Crippen LogP contribution in [-0.4, -0.2) is 44.3 Å². The Morgan fingerprint density at radius 3 is 2.11 bits per heavy atom. The molecule has 4 aromatic carbocycles. The highest BCUT2D eigenvalue weighted by Crippen LogP contribution is 2.27. The van der Waals surface area contributed by atoms with Gasteiger partial charge in [0.1, 0.15) is 12.6 Å². The zero-order valence-corrected chi connectivity index (χ0v) is 27.6. The lowest BCUT2D eigenvalue weighted by Gasteiger charge is -2.34. The van der Waals surface area contributed by atoms with E-state index >= 15 is 0 Å². The van der Waals surface area contributed by atoms with Gasteiger partial charge in [-0.1, -0.05) is 95.1 Å².